The molecule has 3 N–H and O–H groups in total. The maximum absolute atomic E-state index is 5.75. The van der Waals surface area contributed by atoms with E-state index >= 15 is 0 Å². The van der Waals surface area contributed by atoms with E-state index in [4.69, 9.17) is 5.73 Å². The fraction of sp³-hybridized carbons (Fsp3) is 1.00. The van der Waals surface area contributed by atoms with E-state index in [0.717, 1.165) is 19.0 Å². The number of hydrogen-bond donors (Lipinski definition) is 2. The van der Waals surface area contributed by atoms with Gasteiger partial charge in [-0.15, -0.1) is 0 Å². The molecule has 84 valence electrons. The monoisotopic (exact) mass is 198 g/mol. The summed E-state index contributed by atoms with van der Waals surface area (Å²) in [7, 11) is 0. The van der Waals surface area contributed by atoms with E-state index in [1.54, 1.807) is 0 Å². The average molecular weight is 198 g/mol. The molecule has 14 heavy (non-hydrogen) atoms. The van der Waals surface area contributed by atoms with E-state index in [2.05, 4.69) is 26.1 Å². The van der Waals surface area contributed by atoms with Crippen molar-refractivity contribution in [2.45, 2.75) is 52.5 Å². The highest BCUT2D eigenvalue weighted by atomic mass is 14.9. The Labute approximate surface area is 88.6 Å². The van der Waals surface area contributed by atoms with Crippen molar-refractivity contribution in [3.63, 3.8) is 0 Å². The Morgan fingerprint density at radius 1 is 1.36 bits per heavy atom. The zero-order valence-corrected chi connectivity index (χ0v) is 9.97. The van der Waals surface area contributed by atoms with Crippen LogP contribution >= 0.6 is 0 Å². The SMILES string of the molecule is CC(C)(C)C(CN)NCCCC1CC1. The molecule has 0 spiro atoms. The molecule has 0 saturated heterocycles. The van der Waals surface area contributed by atoms with Gasteiger partial charge < -0.3 is 11.1 Å². The smallest absolute Gasteiger partial charge is 0.0238 e. The zero-order valence-electron chi connectivity index (χ0n) is 9.97. The van der Waals surface area contributed by atoms with Gasteiger partial charge in [0.25, 0.3) is 0 Å². The van der Waals surface area contributed by atoms with Gasteiger partial charge in [-0.3, -0.25) is 0 Å². The minimum atomic E-state index is 0.286. The summed E-state index contributed by atoms with van der Waals surface area (Å²) in [5.41, 5.74) is 6.04. The molecule has 0 bridgehead atoms. The summed E-state index contributed by atoms with van der Waals surface area (Å²) in [4.78, 5) is 0. The fourth-order valence-corrected chi connectivity index (χ4v) is 1.82. The zero-order chi connectivity index (χ0) is 10.6. The largest absolute Gasteiger partial charge is 0.329 e. The van der Waals surface area contributed by atoms with Gasteiger partial charge in [0.1, 0.15) is 0 Å². The lowest BCUT2D eigenvalue weighted by molar-refractivity contribution is 0.272. The van der Waals surface area contributed by atoms with Crippen LogP contribution in [0.2, 0.25) is 0 Å². The molecule has 1 atom stereocenters. The van der Waals surface area contributed by atoms with Gasteiger partial charge in [-0.25, -0.2) is 0 Å². The predicted octanol–water partition coefficient (Wildman–Crippen LogP) is 2.14. The molecule has 0 aromatic rings. The first-order valence-electron chi connectivity index (χ1n) is 5.97. The van der Waals surface area contributed by atoms with Crippen molar-refractivity contribution in [2.75, 3.05) is 13.1 Å². The Morgan fingerprint density at radius 2 is 2.00 bits per heavy atom. The second kappa shape index (κ2) is 5.13. The Balaban J connectivity index is 2.07. The minimum Gasteiger partial charge on any atom is -0.329 e. The van der Waals surface area contributed by atoms with Crippen molar-refractivity contribution in [1.29, 1.82) is 0 Å². The van der Waals surface area contributed by atoms with E-state index in [0.29, 0.717) is 6.04 Å². The molecule has 0 aliphatic heterocycles. The van der Waals surface area contributed by atoms with Crippen LogP contribution in [0, 0.1) is 11.3 Å². The molecule has 1 fully saturated rings. The van der Waals surface area contributed by atoms with Crippen LogP contribution in [-0.4, -0.2) is 19.1 Å². The van der Waals surface area contributed by atoms with Gasteiger partial charge in [0.05, 0.1) is 0 Å². The van der Waals surface area contributed by atoms with Gasteiger partial charge in [-0.2, -0.15) is 0 Å². The Bertz CT molecular complexity index is 156. The van der Waals surface area contributed by atoms with Crippen LogP contribution in [0.5, 0.6) is 0 Å². The topological polar surface area (TPSA) is 38.0 Å². The van der Waals surface area contributed by atoms with Crippen molar-refractivity contribution < 1.29 is 0 Å². The summed E-state index contributed by atoms with van der Waals surface area (Å²) in [6, 6.07) is 0.460. The molecule has 0 heterocycles. The molecular formula is C12H26N2. The molecule has 0 radical (unpaired) electrons. The molecule has 0 amide bonds. The molecule has 2 heteroatoms. The minimum absolute atomic E-state index is 0.286. The van der Waals surface area contributed by atoms with Crippen molar-refractivity contribution >= 4 is 0 Å². The van der Waals surface area contributed by atoms with Gasteiger partial charge in [0.2, 0.25) is 0 Å². The molecule has 0 aromatic heterocycles. The number of nitrogens with one attached hydrogen (secondary N) is 1. The summed E-state index contributed by atoms with van der Waals surface area (Å²) >= 11 is 0. The Morgan fingerprint density at radius 3 is 2.43 bits per heavy atom. The van der Waals surface area contributed by atoms with Crippen molar-refractivity contribution in [3.8, 4) is 0 Å². The van der Waals surface area contributed by atoms with Crippen LogP contribution in [0.4, 0.5) is 0 Å². The molecular weight excluding hydrogens is 172 g/mol. The predicted molar refractivity (Wildman–Crippen MR) is 62.3 cm³/mol. The van der Waals surface area contributed by atoms with Crippen molar-refractivity contribution in [3.05, 3.63) is 0 Å². The van der Waals surface area contributed by atoms with E-state index in [-0.39, 0.29) is 5.41 Å². The lowest BCUT2D eigenvalue weighted by Crippen LogP contribution is -2.46. The normalized spacial score (nSPS) is 19.7. The molecule has 1 aliphatic carbocycles. The quantitative estimate of drug-likeness (QED) is 0.642. The Hall–Kier alpha value is -0.0800. The number of hydrogen-bond acceptors (Lipinski definition) is 2. The van der Waals surface area contributed by atoms with Crippen molar-refractivity contribution in [1.82, 2.24) is 5.32 Å². The fourth-order valence-electron chi connectivity index (χ4n) is 1.82. The summed E-state index contributed by atoms with van der Waals surface area (Å²) < 4.78 is 0. The molecule has 2 nitrogen and oxygen atoms in total. The average Bonchev–Trinajstić information content (AvgIpc) is 2.85. The third kappa shape index (κ3) is 4.43. The lowest BCUT2D eigenvalue weighted by Gasteiger charge is -2.30. The van der Waals surface area contributed by atoms with Crippen LogP contribution in [0.15, 0.2) is 0 Å². The summed E-state index contributed by atoms with van der Waals surface area (Å²) in [5, 5.41) is 3.57. The Kier molecular flexibility index (Phi) is 4.39. The first kappa shape index (κ1) is 12.0. The van der Waals surface area contributed by atoms with Crippen LogP contribution in [-0.2, 0) is 0 Å². The second-order valence-corrected chi connectivity index (χ2v) is 5.69. The maximum Gasteiger partial charge on any atom is 0.0238 e. The highest BCUT2D eigenvalue weighted by Crippen LogP contribution is 2.33. The molecule has 1 aliphatic rings. The van der Waals surface area contributed by atoms with Crippen molar-refractivity contribution in [2.24, 2.45) is 17.1 Å². The molecule has 1 unspecified atom stereocenters. The van der Waals surface area contributed by atoms with Crippen LogP contribution in [0.25, 0.3) is 0 Å². The summed E-state index contributed by atoms with van der Waals surface area (Å²) in [5.74, 6) is 1.06. The van der Waals surface area contributed by atoms with E-state index in [1.807, 2.05) is 0 Å². The first-order valence-corrected chi connectivity index (χ1v) is 5.97. The van der Waals surface area contributed by atoms with E-state index in [9.17, 15) is 0 Å². The maximum atomic E-state index is 5.75. The van der Waals surface area contributed by atoms with Gasteiger partial charge >= 0.3 is 0 Å². The van der Waals surface area contributed by atoms with Crippen LogP contribution < -0.4 is 11.1 Å². The summed E-state index contributed by atoms with van der Waals surface area (Å²) in [6.45, 7) is 8.62. The van der Waals surface area contributed by atoms with Crippen LogP contribution in [0.1, 0.15) is 46.5 Å². The van der Waals surface area contributed by atoms with Gasteiger partial charge in [-0.1, -0.05) is 33.6 Å². The molecule has 1 rings (SSSR count). The number of rotatable bonds is 6. The third-order valence-electron chi connectivity index (χ3n) is 3.16. The van der Waals surface area contributed by atoms with Gasteiger partial charge in [0, 0.05) is 12.6 Å². The lowest BCUT2D eigenvalue weighted by atomic mass is 9.87. The van der Waals surface area contributed by atoms with Crippen LogP contribution in [0.3, 0.4) is 0 Å². The van der Waals surface area contributed by atoms with Gasteiger partial charge in [-0.05, 0) is 30.7 Å². The van der Waals surface area contributed by atoms with E-state index < -0.39 is 0 Å². The summed E-state index contributed by atoms with van der Waals surface area (Å²) in [6.07, 6.45) is 5.67. The first-order chi connectivity index (χ1) is 6.54. The number of nitrogens with two attached hydrogens (primary N) is 1. The molecule has 1 saturated carbocycles. The highest BCUT2D eigenvalue weighted by Gasteiger charge is 2.23. The van der Waals surface area contributed by atoms with Gasteiger partial charge in [0.15, 0.2) is 0 Å². The molecule has 0 aromatic carbocycles. The standard InChI is InChI=1S/C12H26N2/c1-12(2,3)11(9-13)14-8-4-5-10-6-7-10/h10-11,14H,4-9,13H2,1-3H3. The van der Waals surface area contributed by atoms with E-state index in [1.165, 1.54) is 25.7 Å². The third-order valence-corrected chi connectivity index (χ3v) is 3.16. The highest BCUT2D eigenvalue weighted by molar-refractivity contribution is 4.81. The second-order valence-electron chi connectivity index (χ2n) is 5.69.